The second kappa shape index (κ2) is 4.87. The van der Waals surface area contributed by atoms with Crippen LogP contribution in [0.4, 0.5) is 11.4 Å². The Morgan fingerprint density at radius 2 is 1.05 bits per heavy atom. The summed E-state index contributed by atoms with van der Waals surface area (Å²) in [4.78, 5) is 0. The lowest BCUT2D eigenvalue weighted by Gasteiger charge is -2.44. The van der Waals surface area contributed by atoms with E-state index in [-0.39, 0.29) is 0 Å². The number of anilines is 2. The first kappa shape index (κ1) is 12.8. The third kappa shape index (κ3) is 1.99. The van der Waals surface area contributed by atoms with Gasteiger partial charge in [0.15, 0.2) is 0 Å². The van der Waals surface area contributed by atoms with Gasteiger partial charge in [-0.1, -0.05) is 36.4 Å². The molecule has 2 aliphatic carbocycles. The molecular weight excluding hydrogens is 266 g/mol. The van der Waals surface area contributed by atoms with Crippen LogP contribution in [-0.2, 0) is 0 Å². The van der Waals surface area contributed by atoms with Crippen molar-refractivity contribution in [3.8, 4) is 0 Å². The second-order valence-electron chi connectivity index (χ2n) is 7.60. The van der Waals surface area contributed by atoms with Crippen molar-refractivity contribution in [2.45, 2.75) is 43.9 Å². The normalized spacial score (nSPS) is 32.0. The lowest BCUT2D eigenvalue weighted by Crippen LogP contribution is -2.30. The molecule has 2 heterocycles. The van der Waals surface area contributed by atoms with Gasteiger partial charge >= 0.3 is 0 Å². The van der Waals surface area contributed by atoms with Crippen molar-refractivity contribution in [3.05, 3.63) is 59.7 Å². The van der Waals surface area contributed by atoms with Gasteiger partial charge in [-0.3, -0.25) is 0 Å². The predicted octanol–water partition coefficient (Wildman–Crippen LogP) is 5.82. The zero-order chi connectivity index (χ0) is 14.5. The first-order valence-electron chi connectivity index (χ1n) is 8.81. The third-order valence-electron chi connectivity index (χ3n) is 6.21. The maximum absolute atomic E-state index is 3.77. The van der Waals surface area contributed by atoms with Crippen molar-refractivity contribution in [3.63, 3.8) is 0 Å². The molecule has 0 aromatic heterocycles. The molecule has 2 aliphatic heterocycles. The molecule has 0 unspecified atom stereocenters. The number of rotatable bonds is 0. The molecule has 4 aliphatic rings. The molecule has 2 fully saturated rings. The van der Waals surface area contributed by atoms with Gasteiger partial charge in [-0.2, -0.15) is 0 Å². The van der Waals surface area contributed by atoms with Crippen LogP contribution in [0, 0.1) is 11.8 Å². The molecule has 0 atom stereocenters. The molecule has 2 aromatic rings. The maximum Gasteiger partial charge on any atom is 0.0419 e. The molecule has 1 heteroatoms. The number of benzene rings is 2. The zero-order valence-electron chi connectivity index (χ0n) is 13.0. The predicted molar refractivity (Wildman–Crippen MR) is 91.7 cm³/mol. The van der Waals surface area contributed by atoms with Crippen molar-refractivity contribution in [2.24, 2.45) is 11.8 Å². The van der Waals surface area contributed by atoms with Crippen LogP contribution in [0.1, 0.15) is 55.1 Å². The Morgan fingerprint density at radius 3 is 1.55 bits per heavy atom. The smallest absolute Gasteiger partial charge is 0.0419 e. The summed E-state index contributed by atoms with van der Waals surface area (Å²) in [5.41, 5.74) is 5.77. The molecule has 0 radical (unpaired) electrons. The number of para-hydroxylation sites is 2. The molecule has 2 aromatic carbocycles. The first-order chi connectivity index (χ1) is 10.9. The van der Waals surface area contributed by atoms with E-state index in [1.807, 2.05) is 0 Å². The molecule has 22 heavy (non-hydrogen) atoms. The van der Waals surface area contributed by atoms with E-state index in [9.17, 15) is 0 Å². The molecule has 112 valence electrons. The quantitative estimate of drug-likeness (QED) is 0.644. The minimum Gasteiger partial charge on any atom is -0.355 e. The van der Waals surface area contributed by atoms with Crippen molar-refractivity contribution in [1.29, 1.82) is 0 Å². The van der Waals surface area contributed by atoms with Gasteiger partial charge in [-0.05, 0) is 79.0 Å². The summed E-state index contributed by atoms with van der Waals surface area (Å²) in [6.45, 7) is 0. The Labute approximate surface area is 132 Å². The van der Waals surface area contributed by atoms with Crippen molar-refractivity contribution < 1.29 is 0 Å². The van der Waals surface area contributed by atoms with Gasteiger partial charge in [0, 0.05) is 11.4 Å². The fourth-order valence-electron chi connectivity index (χ4n) is 5.44. The monoisotopic (exact) mass is 289 g/mol. The average Bonchev–Trinajstić information content (AvgIpc) is 2.54. The Balaban J connectivity index is 1.71. The van der Waals surface area contributed by atoms with Crippen LogP contribution in [0.25, 0.3) is 0 Å². The summed E-state index contributed by atoms with van der Waals surface area (Å²) in [5.74, 6) is 3.39. The van der Waals surface area contributed by atoms with Crippen LogP contribution < -0.4 is 5.32 Å². The molecular formula is C21H23N. The molecule has 2 saturated carbocycles. The summed E-state index contributed by atoms with van der Waals surface area (Å²) in [6.07, 6.45) is 7.06. The van der Waals surface area contributed by atoms with Crippen molar-refractivity contribution in [2.75, 3.05) is 5.32 Å². The summed E-state index contributed by atoms with van der Waals surface area (Å²) in [6, 6.07) is 18.0. The van der Waals surface area contributed by atoms with Gasteiger partial charge in [0.05, 0.1) is 0 Å². The molecule has 1 N–H and O–H groups in total. The van der Waals surface area contributed by atoms with Gasteiger partial charge in [-0.25, -0.2) is 0 Å². The molecule has 0 amide bonds. The van der Waals surface area contributed by atoms with Gasteiger partial charge in [0.25, 0.3) is 0 Å². The van der Waals surface area contributed by atoms with E-state index in [2.05, 4.69) is 53.8 Å². The van der Waals surface area contributed by atoms with Gasteiger partial charge in [0.2, 0.25) is 0 Å². The highest BCUT2D eigenvalue weighted by atomic mass is 14.9. The van der Waals surface area contributed by atoms with Crippen LogP contribution in [0.2, 0.25) is 0 Å². The molecule has 0 spiro atoms. The largest absolute Gasteiger partial charge is 0.355 e. The number of nitrogens with one attached hydrogen (secondary N) is 1. The molecule has 1 nitrogen and oxygen atoms in total. The van der Waals surface area contributed by atoms with Crippen LogP contribution in [-0.4, -0.2) is 0 Å². The van der Waals surface area contributed by atoms with E-state index in [0.717, 1.165) is 23.7 Å². The Kier molecular flexibility index (Phi) is 2.82. The van der Waals surface area contributed by atoms with Crippen LogP contribution in [0.15, 0.2) is 48.5 Å². The Hall–Kier alpha value is -1.76. The molecule has 6 rings (SSSR count). The van der Waals surface area contributed by atoms with E-state index in [1.54, 1.807) is 11.1 Å². The molecule has 4 bridgehead atoms. The lowest BCUT2D eigenvalue weighted by atomic mass is 9.62. The lowest BCUT2D eigenvalue weighted by molar-refractivity contribution is 0.151. The molecule has 0 saturated heterocycles. The van der Waals surface area contributed by atoms with Crippen molar-refractivity contribution >= 4 is 11.4 Å². The standard InChI is InChI=1S/C21H23N/c1-3-7-20-18(5-1)16-10-14-9-15(11-16)13-17(12-14)19-6-2-4-8-21(19)22-20/h1-8,14-17,22H,9-13H2. The van der Waals surface area contributed by atoms with E-state index < -0.39 is 0 Å². The highest BCUT2D eigenvalue weighted by Crippen LogP contribution is 2.53. The van der Waals surface area contributed by atoms with E-state index in [1.165, 1.54) is 43.5 Å². The van der Waals surface area contributed by atoms with Crippen LogP contribution in [0.5, 0.6) is 0 Å². The Bertz CT molecular complexity index is 633. The van der Waals surface area contributed by atoms with Gasteiger partial charge in [0.1, 0.15) is 0 Å². The third-order valence-corrected chi connectivity index (χ3v) is 6.21. The minimum absolute atomic E-state index is 0.763. The van der Waals surface area contributed by atoms with E-state index in [0.29, 0.717) is 0 Å². The minimum atomic E-state index is 0.763. The highest BCUT2D eigenvalue weighted by Gasteiger charge is 2.38. The Morgan fingerprint density at radius 1 is 0.591 bits per heavy atom. The maximum atomic E-state index is 3.77. The highest BCUT2D eigenvalue weighted by molar-refractivity contribution is 5.67. The fraction of sp³-hybridized carbons (Fsp3) is 0.429. The van der Waals surface area contributed by atoms with Gasteiger partial charge in [-0.15, -0.1) is 0 Å². The SMILES string of the molecule is c1ccc2c(c1)Nc1ccccc1C1CC3CC(CC2C3)C1. The first-order valence-corrected chi connectivity index (χ1v) is 8.81. The van der Waals surface area contributed by atoms with Gasteiger partial charge < -0.3 is 5.32 Å². The van der Waals surface area contributed by atoms with Crippen molar-refractivity contribution in [1.82, 2.24) is 0 Å². The second-order valence-corrected chi connectivity index (χ2v) is 7.60. The fourth-order valence-corrected chi connectivity index (χ4v) is 5.44. The van der Waals surface area contributed by atoms with E-state index in [4.69, 9.17) is 0 Å². The summed E-state index contributed by atoms with van der Waals surface area (Å²) >= 11 is 0. The summed E-state index contributed by atoms with van der Waals surface area (Å²) < 4.78 is 0. The number of hydrogen-bond donors (Lipinski definition) is 1. The topological polar surface area (TPSA) is 12.0 Å². The summed E-state index contributed by atoms with van der Waals surface area (Å²) in [5, 5.41) is 3.77. The summed E-state index contributed by atoms with van der Waals surface area (Å²) in [7, 11) is 0. The van der Waals surface area contributed by atoms with Crippen LogP contribution in [0.3, 0.4) is 0 Å². The number of hydrogen-bond acceptors (Lipinski definition) is 1. The average molecular weight is 289 g/mol. The van der Waals surface area contributed by atoms with Crippen LogP contribution >= 0.6 is 0 Å². The van der Waals surface area contributed by atoms with E-state index >= 15 is 0 Å². The zero-order valence-corrected chi connectivity index (χ0v) is 13.0.